The zero-order valence-electron chi connectivity index (χ0n) is 17.6. The molecule has 0 aromatic heterocycles. The number of rotatable bonds is 17. The third kappa shape index (κ3) is 10.2. The maximum atomic E-state index is 2.62. The van der Waals surface area contributed by atoms with Crippen molar-refractivity contribution in [1.29, 1.82) is 0 Å². The molecule has 0 spiro atoms. The Balaban J connectivity index is 2.10. The summed E-state index contributed by atoms with van der Waals surface area (Å²) in [5.74, 6) is 0. The standard InChI is InChI=1S/C23H46N2/c1-4-7-9-11-12-13-14-16-18-20-25-22-21-24(6-3)23(25)19-17-15-10-8-5-2/h21-23H,4-20H2,1-3H3. The zero-order chi connectivity index (χ0) is 18.2. The van der Waals surface area contributed by atoms with Crippen LogP contribution in [0.3, 0.4) is 0 Å². The Morgan fingerprint density at radius 2 is 1.04 bits per heavy atom. The fourth-order valence-corrected chi connectivity index (χ4v) is 3.97. The molecule has 1 heterocycles. The summed E-state index contributed by atoms with van der Waals surface area (Å²) < 4.78 is 0. The second kappa shape index (κ2) is 15.6. The SMILES string of the molecule is CCCCCCCCCCCN1C=CN(CC)C1CCCCCCC. The summed E-state index contributed by atoms with van der Waals surface area (Å²) in [6.45, 7) is 9.28. The van der Waals surface area contributed by atoms with Crippen LogP contribution in [0.4, 0.5) is 0 Å². The van der Waals surface area contributed by atoms with Crippen molar-refractivity contribution in [1.82, 2.24) is 9.80 Å². The van der Waals surface area contributed by atoms with Crippen LogP contribution in [0.25, 0.3) is 0 Å². The second-order valence-electron chi connectivity index (χ2n) is 7.88. The van der Waals surface area contributed by atoms with Crippen molar-refractivity contribution >= 4 is 0 Å². The second-order valence-corrected chi connectivity index (χ2v) is 7.88. The first-order valence-corrected chi connectivity index (χ1v) is 11.5. The topological polar surface area (TPSA) is 6.48 Å². The molecule has 1 rings (SSSR count). The highest BCUT2D eigenvalue weighted by Gasteiger charge is 2.23. The van der Waals surface area contributed by atoms with Gasteiger partial charge in [0.1, 0.15) is 6.17 Å². The zero-order valence-corrected chi connectivity index (χ0v) is 17.6. The van der Waals surface area contributed by atoms with Crippen LogP contribution in [0.1, 0.15) is 117 Å². The van der Waals surface area contributed by atoms with Gasteiger partial charge in [-0.25, -0.2) is 0 Å². The van der Waals surface area contributed by atoms with E-state index in [0.29, 0.717) is 6.17 Å². The van der Waals surface area contributed by atoms with Crippen LogP contribution in [0.2, 0.25) is 0 Å². The fourth-order valence-electron chi connectivity index (χ4n) is 3.97. The van der Waals surface area contributed by atoms with E-state index >= 15 is 0 Å². The van der Waals surface area contributed by atoms with E-state index in [1.54, 1.807) is 0 Å². The van der Waals surface area contributed by atoms with E-state index in [2.05, 4.69) is 43.0 Å². The minimum Gasteiger partial charge on any atom is -0.356 e. The molecule has 2 heteroatoms. The van der Waals surface area contributed by atoms with Crippen LogP contribution in [0.15, 0.2) is 12.4 Å². The molecule has 0 amide bonds. The molecular formula is C23H46N2. The molecule has 0 bridgehead atoms. The van der Waals surface area contributed by atoms with Crippen LogP contribution in [-0.4, -0.2) is 29.1 Å². The normalized spacial score (nSPS) is 17.0. The third-order valence-electron chi connectivity index (χ3n) is 5.67. The lowest BCUT2D eigenvalue weighted by molar-refractivity contribution is 0.142. The molecule has 148 valence electrons. The summed E-state index contributed by atoms with van der Waals surface area (Å²) in [4.78, 5) is 5.15. The molecule has 0 fully saturated rings. The quantitative estimate of drug-likeness (QED) is 0.254. The molecule has 0 radical (unpaired) electrons. The van der Waals surface area contributed by atoms with Crippen molar-refractivity contribution in [3.05, 3.63) is 12.4 Å². The molecule has 0 aromatic rings. The monoisotopic (exact) mass is 350 g/mol. The molecule has 0 N–H and O–H groups in total. The number of unbranched alkanes of at least 4 members (excludes halogenated alkanes) is 12. The lowest BCUT2D eigenvalue weighted by atomic mass is 10.1. The minimum atomic E-state index is 0.640. The number of hydrogen-bond acceptors (Lipinski definition) is 2. The van der Waals surface area contributed by atoms with Gasteiger partial charge in [-0.3, -0.25) is 0 Å². The van der Waals surface area contributed by atoms with Crippen LogP contribution in [0, 0.1) is 0 Å². The van der Waals surface area contributed by atoms with E-state index in [4.69, 9.17) is 0 Å². The van der Waals surface area contributed by atoms with Gasteiger partial charge >= 0.3 is 0 Å². The third-order valence-corrected chi connectivity index (χ3v) is 5.67. The van der Waals surface area contributed by atoms with Crippen molar-refractivity contribution in [3.63, 3.8) is 0 Å². The lowest BCUT2D eigenvalue weighted by Crippen LogP contribution is -2.38. The first-order valence-electron chi connectivity index (χ1n) is 11.5. The van der Waals surface area contributed by atoms with Gasteiger partial charge in [0, 0.05) is 25.5 Å². The van der Waals surface area contributed by atoms with Crippen LogP contribution >= 0.6 is 0 Å². The van der Waals surface area contributed by atoms with E-state index in [0.717, 1.165) is 6.54 Å². The Morgan fingerprint density at radius 1 is 0.560 bits per heavy atom. The van der Waals surface area contributed by atoms with Gasteiger partial charge in [0.25, 0.3) is 0 Å². The Morgan fingerprint density at radius 3 is 1.60 bits per heavy atom. The summed E-state index contributed by atoms with van der Waals surface area (Å²) in [7, 11) is 0. The predicted octanol–water partition coefficient (Wildman–Crippen LogP) is 7.31. The molecule has 2 nitrogen and oxygen atoms in total. The Hall–Kier alpha value is -0.660. The van der Waals surface area contributed by atoms with Crippen LogP contribution in [-0.2, 0) is 0 Å². The number of nitrogens with zero attached hydrogens (tertiary/aromatic N) is 2. The molecule has 0 aromatic carbocycles. The van der Waals surface area contributed by atoms with Crippen LogP contribution < -0.4 is 0 Å². The van der Waals surface area contributed by atoms with E-state index < -0.39 is 0 Å². The van der Waals surface area contributed by atoms with Gasteiger partial charge < -0.3 is 9.80 Å². The molecule has 1 atom stereocenters. The van der Waals surface area contributed by atoms with Crippen molar-refractivity contribution in [3.8, 4) is 0 Å². The maximum absolute atomic E-state index is 2.62. The largest absolute Gasteiger partial charge is 0.356 e. The smallest absolute Gasteiger partial charge is 0.101 e. The molecule has 0 saturated carbocycles. The van der Waals surface area contributed by atoms with Crippen molar-refractivity contribution in [2.45, 2.75) is 123 Å². The minimum absolute atomic E-state index is 0.640. The van der Waals surface area contributed by atoms with E-state index in [1.807, 2.05) is 0 Å². The molecule has 25 heavy (non-hydrogen) atoms. The summed E-state index contributed by atoms with van der Waals surface area (Å²) in [6, 6.07) is 0. The van der Waals surface area contributed by atoms with Gasteiger partial charge in [-0.05, 0) is 26.2 Å². The van der Waals surface area contributed by atoms with Crippen molar-refractivity contribution in [2.75, 3.05) is 13.1 Å². The van der Waals surface area contributed by atoms with Gasteiger partial charge in [0.15, 0.2) is 0 Å². The Bertz CT molecular complexity index is 313. The number of hydrogen-bond donors (Lipinski definition) is 0. The molecule has 1 aliphatic heterocycles. The summed E-state index contributed by atoms with van der Waals surface area (Å²) in [5, 5.41) is 0. The van der Waals surface area contributed by atoms with Crippen molar-refractivity contribution < 1.29 is 0 Å². The van der Waals surface area contributed by atoms with Gasteiger partial charge in [-0.1, -0.05) is 90.9 Å². The summed E-state index contributed by atoms with van der Waals surface area (Å²) in [6.07, 6.45) is 26.4. The first kappa shape index (κ1) is 22.4. The highest BCUT2D eigenvalue weighted by atomic mass is 15.4. The van der Waals surface area contributed by atoms with E-state index in [-0.39, 0.29) is 0 Å². The predicted molar refractivity (Wildman–Crippen MR) is 113 cm³/mol. The first-order chi connectivity index (χ1) is 12.3. The average molecular weight is 351 g/mol. The molecular weight excluding hydrogens is 304 g/mol. The Labute approximate surface area is 159 Å². The fraction of sp³-hybridized carbons (Fsp3) is 0.913. The van der Waals surface area contributed by atoms with Gasteiger partial charge in [0.2, 0.25) is 0 Å². The Kier molecular flexibility index (Phi) is 14.0. The van der Waals surface area contributed by atoms with Gasteiger partial charge in [-0.15, -0.1) is 0 Å². The van der Waals surface area contributed by atoms with E-state index in [9.17, 15) is 0 Å². The van der Waals surface area contributed by atoms with Gasteiger partial charge in [0.05, 0.1) is 0 Å². The highest BCUT2D eigenvalue weighted by Crippen LogP contribution is 2.22. The lowest BCUT2D eigenvalue weighted by Gasteiger charge is -2.32. The van der Waals surface area contributed by atoms with Gasteiger partial charge in [-0.2, -0.15) is 0 Å². The maximum Gasteiger partial charge on any atom is 0.101 e. The molecule has 0 saturated heterocycles. The summed E-state index contributed by atoms with van der Waals surface area (Å²) in [5.41, 5.74) is 0. The molecule has 0 aliphatic carbocycles. The summed E-state index contributed by atoms with van der Waals surface area (Å²) >= 11 is 0. The van der Waals surface area contributed by atoms with Crippen LogP contribution in [0.5, 0.6) is 0 Å². The average Bonchev–Trinajstić information content (AvgIpc) is 3.02. The van der Waals surface area contributed by atoms with Crippen molar-refractivity contribution in [2.24, 2.45) is 0 Å². The molecule has 1 aliphatic rings. The molecule has 1 unspecified atom stereocenters. The highest BCUT2D eigenvalue weighted by molar-refractivity contribution is 4.96. The van der Waals surface area contributed by atoms with E-state index in [1.165, 1.54) is 103 Å².